The molecule has 1 unspecified atom stereocenters. The maximum Gasteiger partial charge on any atom is 0.265 e. The van der Waals surface area contributed by atoms with Gasteiger partial charge in [-0.25, -0.2) is 0 Å². The smallest absolute Gasteiger partial charge is 0.265 e. The van der Waals surface area contributed by atoms with Crippen LogP contribution in [0.4, 0.5) is 5.69 Å². The summed E-state index contributed by atoms with van der Waals surface area (Å²) >= 11 is 0. The zero-order valence-electron chi connectivity index (χ0n) is 23.0. The molecule has 4 aromatic rings. The lowest BCUT2D eigenvalue weighted by Crippen LogP contribution is -2.50. The lowest BCUT2D eigenvalue weighted by Gasteiger charge is -2.40. The Bertz CT molecular complexity index is 1380. The zero-order chi connectivity index (χ0) is 27.9. The SMILES string of the molecule is Cc1ccc(OC(C)C(=O)Nc2ccccc2C(=O)N2CCN(C(c3ccccc3)c3ccccc3)CC2)cc1. The van der Waals surface area contributed by atoms with Crippen LogP contribution in [-0.4, -0.2) is 53.9 Å². The molecule has 204 valence electrons. The van der Waals surface area contributed by atoms with E-state index in [0.29, 0.717) is 30.1 Å². The molecule has 1 aliphatic heterocycles. The van der Waals surface area contributed by atoms with Crippen LogP contribution in [0.5, 0.6) is 5.75 Å². The predicted octanol–water partition coefficient (Wildman–Crippen LogP) is 5.95. The standard InChI is InChI=1S/C34H35N3O3/c1-25-17-19-29(20-18-25)40-26(2)33(38)35-31-16-10-9-15-30(31)34(39)37-23-21-36(22-24-37)32(27-11-5-3-6-12-27)28-13-7-4-8-14-28/h3-20,26,32H,21-24H2,1-2H3,(H,35,38). The van der Waals surface area contributed by atoms with Gasteiger partial charge < -0.3 is 15.0 Å². The molecule has 1 fully saturated rings. The molecule has 5 rings (SSSR count). The summed E-state index contributed by atoms with van der Waals surface area (Å²) in [5.74, 6) is 0.234. The molecule has 6 nitrogen and oxygen atoms in total. The highest BCUT2D eigenvalue weighted by molar-refractivity contribution is 6.04. The van der Waals surface area contributed by atoms with Gasteiger partial charge in [0.25, 0.3) is 11.8 Å². The first-order chi connectivity index (χ1) is 19.5. The fourth-order valence-corrected chi connectivity index (χ4v) is 5.13. The Morgan fingerprint density at radius 3 is 1.88 bits per heavy atom. The molecule has 6 heteroatoms. The second-order valence-corrected chi connectivity index (χ2v) is 10.2. The van der Waals surface area contributed by atoms with Crippen LogP contribution in [0, 0.1) is 6.92 Å². The van der Waals surface area contributed by atoms with Gasteiger partial charge in [0.1, 0.15) is 5.75 Å². The molecule has 1 heterocycles. The number of anilines is 1. The van der Waals surface area contributed by atoms with Crippen molar-refractivity contribution >= 4 is 17.5 Å². The van der Waals surface area contributed by atoms with Gasteiger partial charge in [0.15, 0.2) is 6.10 Å². The molecule has 1 N–H and O–H groups in total. The van der Waals surface area contributed by atoms with Crippen LogP contribution in [0.15, 0.2) is 109 Å². The van der Waals surface area contributed by atoms with Crippen molar-refractivity contribution in [3.63, 3.8) is 0 Å². The molecule has 0 radical (unpaired) electrons. The van der Waals surface area contributed by atoms with Crippen molar-refractivity contribution in [1.82, 2.24) is 9.80 Å². The first-order valence-corrected chi connectivity index (χ1v) is 13.8. The normalized spacial score (nSPS) is 14.5. The maximum atomic E-state index is 13.6. The number of hydrogen-bond donors (Lipinski definition) is 1. The first-order valence-electron chi connectivity index (χ1n) is 13.8. The molecular weight excluding hydrogens is 498 g/mol. The summed E-state index contributed by atoms with van der Waals surface area (Å²) in [6.45, 7) is 6.40. The van der Waals surface area contributed by atoms with Gasteiger partial charge in [0, 0.05) is 26.2 Å². The first kappa shape index (κ1) is 27.2. The number of carbonyl (C=O) groups is 2. The summed E-state index contributed by atoms with van der Waals surface area (Å²) in [6, 6.07) is 35.9. The molecule has 0 spiro atoms. The van der Waals surface area contributed by atoms with E-state index in [0.717, 1.165) is 18.7 Å². The van der Waals surface area contributed by atoms with Crippen LogP contribution in [0.3, 0.4) is 0 Å². The van der Waals surface area contributed by atoms with E-state index in [9.17, 15) is 9.59 Å². The Morgan fingerprint density at radius 1 is 0.725 bits per heavy atom. The van der Waals surface area contributed by atoms with Crippen molar-refractivity contribution in [1.29, 1.82) is 0 Å². The van der Waals surface area contributed by atoms with Crippen LogP contribution in [0.25, 0.3) is 0 Å². The molecule has 0 aliphatic carbocycles. The molecule has 2 amide bonds. The van der Waals surface area contributed by atoms with Crippen molar-refractivity contribution in [2.24, 2.45) is 0 Å². The third-order valence-electron chi connectivity index (χ3n) is 7.32. The molecule has 1 atom stereocenters. The molecule has 4 aromatic carbocycles. The van der Waals surface area contributed by atoms with E-state index in [1.54, 1.807) is 19.1 Å². The number of piperazine rings is 1. The summed E-state index contributed by atoms with van der Waals surface area (Å²) in [7, 11) is 0. The average molecular weight is 534 g/mol. The van der Waals surface area contributed by atoms with Crippen LogP contribution >= 0.6 is 0 Å². The van der Waals surface area contributed by atoms with E-state index >= 15 is 0 Å². The fourth-order valence-electron chi connectivity index (χ4n) is 5.13. The van der Waals surface area contributed by atoms with Crippen molar-refractivity contribution < 1.29 is 14.3 Å². The fraction of sp³-hybridized carbons (Fsp3) is 0.235. The number of carbonyl (C=O) groups excluding carboxylic acids is 2. The summed E-state index contributed by atoms with van der Waals surface area (Å²) < 4.78 is 5.81. The lowest BCUT2D eigenvalue weighted by molar-refractivity contribution is -0.122. The Labute approximate surface area is 236 Å². The summed E-state index contributed by atoms with van der Waals surface area (Å²) in [6.07, 6.45) is -0.720. The molecule has 40 heavy (non-hydrogen) atoms. The van der Waals surface area contributed by atoms with E-state index < -0.39 is 6.10 Å². The van der Waals surface area contributed by atoms with E-state index in [-0.39, 0.29) is 17.9 Å². The number of para-hydroxylation sites is 1. The van der Waals surface area contributed by atoms with Crippen LogP contribution < -0.4 is 10.1 Å². The number of nitrogens with one attached hydrogen (secondary N) is 1. The topological polar surface area (TPSA) is 61.9 Å². The molecule has 0 aromatic heterocycles. The minimum absolute atomic E-state index is 0.0846. The van der Waals surface area contributed by atoms with E-state index in [1.807, 2.05) is 60.4 Å². The maximum absolute atomic E-state index is 13.6. The Hall–Kier alpha value is -4.42. The molecule has 0 bridgehead atoms. The van der Waals surface area contributed by atoms with Gasteiger partial charge in [-0.05, 0) is 49.2 Å². The van der Waals surface area contributed by atoms with Gasteiger partial charge in [-0.15, -0.1) is 0 Å². The Kier molecular flexibility index (Phi) is 8.57. The second-order valence-electron chi connectivity index (χ2n) is 10.2. The second kappa shape index (κ2) is 12.6. The van der Waals surface area contributed by atoms with Crippen molar-refractivity contribution in [3.8, 4) is 5.75 Å². The van der Waals surface area contributed by atoms with E-state index in [1.165, 1.54) is 11.1 Å². The van der Waals surface area contributed by atoms with Crippen LogP contribution in [0.1, 0.15) is 40.0 Å². The van der Waals surface area contributed by atoms with Crippen molar-refractivity contribution in [2.45, 2.75) is 26.0 Å². The van der Waals surface area contributed by atoms with Gasteiger partial charge in [0.2, 0.25) is 0 Å². The minimum Gasteiger partial charge on any atom is -0.481 e. The van der Waals surface area contributed by atoms with Gasteiger partial charge in [0.05, 0.1) is 17.3 Å². The highest BCUT2D eigenvalue weighted by Crippen LogP contribution is 2.30. The Morgan fingerprint density at radius 2 is 1.27 bits per heavy atom. The number of amides is 2. The van der Waals surface area contributed by atoms with Gasteiger partial charge in [-0.1, -0.05) is 90.5 Å². The van der Waals surface area contributed by atoms with Crippen LogP contribution in [-0.2, 0) is 4.79 Å². The number of ether oxygens (including phenoxy) is 1. The number of nitrogens with zero attached hydrogens (tertiary/aromatic N) is 2. The third kappa shape index (κ3) is 6.41. The molecule has 0 saturated carbocycles. The summed E-state index contributed by atoms with van der Waals surface area (Å²) in [5, 5.41) is 2.91. The minimum atomic E-state index is -0.720. The summed E-state index contributed by atoms with van der Waals surface area (Å²) in [5.41, 5.74) is 4.57. The van der Waals surface area contributed by atoms with Gasteiger partial charge in [-0.3, -0.25) is 14.5 Å². The predicted molar refractivity (Wildman–Crippen MR) is 159 cm³/mol. The number of benzene rings is 4. The quantitative estimate of drug-likeness (QED) is 0.304. The number of hydrogen-bond acceptors (Lipinski definition) is 4. The van der Waals surface area contributed by atoms with E-state index in [4.69, 9.17) is 4.74 Å². The third-order valence-corrected chi connectivity index (χ3v) is 7.32. The molecule has 1 aliphatic rings. The largest absolute Gasteiger partial charge is 0.481 e. The molecule has 1 saturated heterocycles. The molecular formula is C34H35N3O3. The Balaban J connectivity index is 1.25. The summed E-state index contributed by atoms with van der Waals surface area (Å²) in [4.78, 5) is 30.9. The van der Waals surface area contributed by atoms with E-state index in [2.05, 4.69) is 58.7 Å². The van der Waals surface area contributed by atoms with Crippen molar-refractivity contribution in [2.75, 3.05) is 31.5 Å². The monoisotopic (exact) mass is 533 g/mol. The van der Waals surface area contributed by atoms with Crippen molar-refractivity contribution in [3.05, 3.63) is 131 Å². The van der Waals surface area contributed by atoms with Gasteiger partial charge in [-0.2, -0.15) is 0 Å². The highest BCUT2D eigenvalue weighted by Gasteiger charge is 2.29. The number of rotatable bonds is 8. The van der Waals surface area contributed by atoms with Gasteiger partial charge >= 0.3 is 0 Å². The van der Waals surface area contributed by atoms with Crippen LogP contribution in [0.2, 0.25) is 0 Å². The highest BCUT2D eigenvalue weighted by atomic mass is 16.5. The lowest BCUT2D eigenvalue weighted by atomic mass is 9.96. The zero-order valence-corrected chi connectivity index (χ0v) is 23.0. The average Bonchev–Trinajstić information content (AvgIpc) is 3.00. The number of aryl methyl sites for hydroxylation is 1.